The predicted molar refractivity (Wildman–Crippen MR) is 91.0 cm³/mol. The van der Waals surface area contributed by atoms with Gasteiger partial charge >= 0.3 is 5.38 Å². The number of hydrogen-bond donors (Lipinski definition) is 0. The Morgan fingerprint density at radius 3 is 2.62 bits per heavy atom. The molecule has 0 fully saturated rings. The molecule has 0 saturated heterocycles. The molecule has 0 atom stereocenters. The van der Waals surface area contributed by atoms with E-state index in [1.165, 1.54) is 4.57 Å². The van der Waals surface area contributed by atoms with E-state index in [4.69, 9.17) is 16.4 Å². The Morgan fingerprint density at radius 2 is 2.04 bits per heavy atom. The SMILES string of the molecule is CC1(C)CC(S(=O)(=O)Cc2c(C(F)(F)Cl)nc3n(c2=O)CCCC3)=NO1. The van der Waals surface area contributed by atoms with E-state index >= 15 is 0 Å². The standard InChI is InChI=1S/C15H18ClF2N3O4S/c1-14(2)7-11(20-25-14)26(23,24)8-9-12(15(16,17)18)19-10-5-3-4-6-21(10)13(9)22/h3-8H2,1-2H3. The molecule has 0 amide bonds. The largest absolute Gasteiger partial charge is 0.389 e. The van der Waals surface area contributed by atoms with Gasteiger partial charge in [0.1, 0.15) is 17.1 Å². The first kappa shape index (κ1) is 19.2. The first-order valence-corrected chi connectivity index (χ1v) is 10.1. The fourth-order valence-electron chi connectivity index (χ4n) is 3.02. The van der Waals surface area contributed by atoms with Gasteiger partial charge in [0, 0.05) is 19.4 Å². The molecule has 2 aliphatic heterocycles. The average molecular weight is 410 g/mol. The van der Waals surface area contributed by atoms with E-state index in [1.54, 1.807) is 13.8 Å². The average Bonchev–Trinajstić information content (AvgIpc) is 2.90. The molecule has 2 aliphatic rings. The van der Waals surface area contributed by atoms with Crippen molar-refractivity contribution in [2.24, 2.45) is 5.16 Å². The molecule has 0 spiro atoms. The molecule has 26 heavy (non-hydrogen) atoms. The molecule has 0 radical (unpaired) electrons. The lowest BCUT2D eigenvalue weighted by molar-refractivity contribution is 0.0123. The number of oxime groups is 1. The number of alkyl halides is 3. The molecule has 0 saturated carbocycles. The number of halogens is 3. The zero-order valence-electron chi connectivity index (χ0n) is 14.3. The van der Waals surface area contributed by atoms with Gasteiger partial charge in [-0.05, 0) is 38.3 Å². The maximum Gasteiger partial charge on any atom is 0.365 e. The number of nitrogens with zero attached hydrogens (tertiary/aromatic N) is 3. The van der Waals surface area contributed by atoms with E-state index in [1.807, 2.05) is 0 Å². The highest BCUT2D eigenvalue weighted by atomic mass is 35.5. The zero-order chi connectivity index (χ0) is 19.3. The normalized spacial score (nSPS) is 19.7. The molecule has 0 N–H and O–H groups in total. The second kappa shape index (κ2) is 6.26. The summed E-state index contributed by atoms with van der Waals surface area (Å²) in [4.78, 5) is 21.6. The van der Waals surface area contributed by atoms with E-state index < -0.39 is 43.4 Å². The quantitative estimate of drug-likeness (QED) is 0.714. The number of aryl methyl sites for hydroxylation is 1. The smallest absolute Gasteiger partial charge is 0.365 e. The minimum absolute atomic E-state index is 0.0123. The molecule has 3 rings (SSSR count). The number of sulfone groups is 1. The van der Waals surface area contributed by atoms with Crippen LogP contribution in [-0.4, -0.2) is 28.6 Å². The molecule has 3 heterocycles. The summed E-state index contributed by atoms with van der Waals surface area (Å²) in [7, 11) is -4.14. The number of fused-ring (bicyclic) bond motifs is 1. The lowest BCUT2D eigenvalue weighted by Gasteiger charge is -2.21. The van der Waals surface area contributed by atoms with Crippen molar-refractivity contribution in [2.45, 2.75) is 62.8 Å². The minimum atomic E-state index is -4.14. The molecule has 0 bridgehead atoms. The van der Waals surface area contributed by atoms with Gasteiger partial charge in [-0.2, -0.15) is 8.78 Å². The van der Waals surface area contributed by atoms with Gasteiger partial charge in [-0.15, -0.1) is 0 Å². The van der Waals surface area contributed by atoms with Crippen LogP contribution in [0, 0.1) is 0 Å². The first-order chi connectivity index (χ1) is 11.9. The molecular weight excluding hydrogens is 392 g/mol. The van der Waals surface area contributed by atoms with Crippen LogP contribution < -0.4 is 5.56 Å². The van der Waals surface area contributed by atoms with Gasteiger partial charge in [-0.25, -0.2) is 13.4 Å². The van der Waals surface area contributed by atoms with Gasteiger partial charge in [0.2, 0.25) is 0 Å². The van der Waals surface area contributed by atoms with E-state index in [9.17, 15) is 22.0 Å². The second-order valence-corrected chi connectivity index (χ2v) is 9.50. The Labute approximate surface area is 153 Å². The van der Waals surface area contributed by atoms with Crippen molar-refractivity contribution in [3.8, 4) is 0 Å². The summed E-state index contributed by atoms with van der Waals surface area (Å²) in [5.74, 6) is -0.755. The summed E-state index contributed by atoms with van der Waals surface area (Å²) >= 11 is 5.12. The number of hydrogen-bond acceptors (Lipinski definition) is 6. The maximum atomic E-state index is 13.8. The maximum absolute atomic E-state index is 13.8. The van der Waals surface area contributed by atoms with Crippen LogP contribution in [-0.2, 0) is 38.8 Å². The van der Waals surface area contributed by atoms with Gasteiger partial charge in [-0.1, -0.05) is 5.16 Å². The lowest BCUT2D eigenvalue weighted by atomic mass is 10.1. The molecule has 1 aromatic heterocycles. The third-order valence-electron chi connectivity index (χ3n) is 4.31. The van der Waals surface area contributed by atoms with Crippen molar-refractivity contribution in [1.82, 2.24) is 9.55 Å². The van der Waals surface area contributed by atoms with E-state index in [0.29, 0.717) is 25.8 Å². The van der Waals surface area contributed by atoms with Crippen molar-refractivity contribution < 1.29 is 22.0 Å². The summed E-state index contributed by atoms with van der Waals surface area (Å²) in [6.07, 6.45) is 1.74. The van der Waals surface area contributed by atoms with Crippen LogP contribution in [0.5, 0.6) is 0 Å². The van der Waals surface area contributed by atoms with Gasteiger partial charge in [-0.3, -0.25) is 9.36 Å². The van der Waals surface area contributed by atoms with Crippen LogP contribution in [0.1, 0.15) is 50.2 Å². The Morgan fingerprint density at radius 1 is 1.35 bits per heavy atom. The molecule has 1 aromatic rings. The highest BCUT2D eigenvalue weighted by Crippen LogP contribution is 2.34. The predicted octanol–water partition coefficient (Wildman–Crippen LogP) is 2.29. The fraction of sp³-hybridized carbons (Fsp3) is 0.667. The summed E-state index contributed by atoms with van der Waals surface area (Å²) in [6, 6.07) is 0. The van der Waals surface area contributed by atoms with Crippen molar-refractivity contribution in [1.29, 1.82) is 0 Å². The Bertz CT molecular complexity index is 935. The molecule has 7 nitrogen and oxygen atoms in total. The Kier molecular flexibility index (Phi) is 4.63. The third-order valence-corrected chi connectivity index (χ3v) is 6.09. The van der Waals surface area contributed by atoms with Crippen LogP contribution in [0.15, 0.2) is 9.95 Å². The molecule has 144 valence electrons. The second-order valence-electron chi connectivity index (χ2n) is 7.04. The van der Waals surface area contributed by atoms with Gasteiger partial charge in [0.05, 0.1) is 11.3 Å². The minimum Gasteiger partial charge on any atom is -0.389 e. The summed E-state index contributed by atoms with van der Waals surface area (Å²) in [5, 5.41) is -0.694. The van der Waals surface area contributed by atoms with Crippen molar-refractivity contribution >= 4 is 26.5 Å². The van der Waals surface area contributed by atoms with Crippen LogP contribution >= 0.6 is 11.6 Å². The number of aromatic nitrogens is 2. The highest BCUT2D eigenvalue weighted by molar-refractivity contribution is 8.05. The summed E-state index contributed by atoms with van der Waals surface area (Å²) in [6.45, 7) is 3.60. The number of rotatable bonds is 3. The van der Waals surface area contributed by atoms with Gasteiger partial charge in [0.25, 0.3) is 5.56 Å². The summed E-state index contributed by atoms with van der Waals surface area (Å²) < 4.78 is 54.2. The van der Waals surface area contributed by atoms with E-state index in [2.05, 4.69) is 10.1 Å². The Balaban J connectivity index is 2.08. The topological polar surface area (TPSA) is 90.6 Å². The molecule has 0 aromatic carbocycles. The van der Waals surface area contributed by atoms with E-state index in [0.717, 1.165) is 0 Å². The molecular formula is C15H18ClF2N3O4S. The third kappa shape index (κ3) is 3.62. The van der Waals surface area contributed by atoms with Crippen LogP contribution in [0.25, 0.3) is 0 Å². The Hall–Kier alpha value is -1.55. The fourth-order valence-corrected chi connectivity index (χ4v) is 4.70. The van der Waals surface area contributed by atoms with Crippen LogP contribution in [0.4, 0.5) is 8.78 Å². The van der Waals surface area contributed by atoms with E-state index in [-0.39, 0.29) is 17.3 Å². The molecule has 0 aliphatic carbocycles. The van der Waals surface area contributed by atoms with Crippen LogP contribution in [0.3, 0.4) is 0 Å². The zero-order valence-corrected chi connectivity index (χ0v) is 15.8. The van der Waals surface area contributed by atoms with Gasteiger partial charge < -0.3 is 4.84 Å². The summed E-state index contributed by atoms with van der Waals surface area (Å²) in [5.41, 5.74) is -3.24. The highest BCUT2D eigenvalue weighted by Gasteiger charge is 2.41. The first-order valence-electron chi connectivity index (χ1n) is 8.08. The van der Waals surface area contributed by atoms with Crippen molar-refractivity contribution in [2.75, 3.05) is 0 Å². The van der Waals surface area contributed by atoms with Crippen molar-refractivity contribution in [3.05, 3.63) is 27.4 Å². The molecule has 11 heteroatoms. The van der Waals surface area contributed by atoms with Crippen LogP contribution in [0.2, 0.25) is 0 Å². The molecule has 0 unspecified atom stereocenters. The monoisotopic (exact) mass is 409 g/mol. The van der Waals surface area contributed by atoms with Crippen molar-refractivity contribution in [3.63, 3.8) is 0 Å². The van der Waals surface area contributed by atoms with Gasteiger partial charge in [0.15, 0.2) is 14.9 Å². The lowest BCUT2D eigenvalue weighted by Crippen LogP contribution is -2.36.